The Morgan fingerprint density at radius 3 is 2.76 bits per heavy atom. The van der Waals surface area contributed by atoms with Crippen LogP contribution in [0.2, 0.25) is 10.0 Å². The minimum atomic E-state index is -0.481. The molecule has 0 bridgehead atoms. The van der Waals surface area contributed by atoms with Gasteiger partial charge in [0.2, 0.25) is 0 Å². The second-order valence-corrected chi connectivity index (χ2v) is 3.95. The van der Waals surface area contributed by atoms with E-state index >= 15 is 0 Å². The topological polar surface area (TPSA) is 35.5 Å². The standard InChI is InChI=1S/C12H12Cl2O3/c1-3-16-12(15)8(2)7-17-10-6-4-5-9(13)11(10)14/h4-6H,2-3,7H2,1H3. The molecule has 0 atom stereocenters. The van der Waals surface area contributed by atoms with Crippen LogP contribution in [0.15, 0.2) is 30.4 Å². The molecule has 0 aromatic heterocycles. The van der Waals surface area contributed by atoms with Gasteiger partial charge in [-0.15, -0.1) is 0 Å². The molecule has 1 aromatic carbocycles. The Bertz CT molecular complexity index is 430. The summed E-state index contributed by atoms with van der Waals surface area (Å²) in [6.45, 7) is 5.60. The molecule has 0 fully saturated rings. The SMILES string of the molecule is C=C(COc1cccc(Cl)c1Cl)C(=O)OCC. The smallest absolute Gasteiger partial charge is 0.336 e. The predicted octanol–water partition coefficient (Wildman–Crippen LogP) is 3.49. The Labute approximate surface area is 110 Å². The molecule has 1 aromatic rings. The maximum atomic E-state index is 11.3. The molecule has 0 heterocycles. The van der Waals surface area contributed by atoms with Crippen LogP contribution in [0.4, 0.5) is 0 Å². The minimum absolute atomic E-state index is 0.0128. The van der Waals surface area contributed by atoms with Gasteiger partial charge in [-0.25, -0.2) is 4.79 Å². The first-order valence-electron chi connectivity index (χ1n) is 4.98. The zero-order valence-electron chi connectivity index (χ0n) is 9.33. The summed E-state index contributed by atoms with van der Waals surface area (Å²) in [7, 11) is 0. The molecule has 0 N–H and O–H groups in total. The second kappa shape index (κ2) is 6.52. The van der Waals surface area contributed by atoms with Crippen molar-refractivity contribution in [2.24, 2.45) is 0 Å². The summed E-state index contributed by atoms with van der Waals surface area (Å²) in [6, 6.07) is 5.01. The van der Waals surface area contributed by atoms with Gasteiger partial charge in [0.1, 0.15) is 17.4 Å². The van der Waals surface area contributed by atoms with Gasteiger partial charge in [-0.3, -0.25) is 0 Å². The lowest BCUT2D eigenvalue weighted by Gasteiger charge is -2.09. The first kappa shape index (κ1) is 13.9. The summed E-state index contributed by atoms with van der Waals surface area (Å²) >= 11 is 11.7. The van der Waals surface area contributed by atoms with E-state index in [0.29, 0.717) is 22.4 Å². The molecule has 17 heavy (non-hydrogen) atoms. The van der Waals surface area contributed by atoms with Crippen molar-refractivity contribution < 1.29 is 14.3 Å². The van der Waals surface area contributed by atoms with Crippen molar-refractivity contribution in [3.8, 4) is 5.75 Å². The van der Waals surface area contributed by atoms with Crippen LogP contribution in [0.25, 0.3) is 0 Å². The number of carbonyl (C=O) groups is 1. The molecule has 0 radical (unpaired) electrons. The number of benzene rings is 1. The van der Waals surface area contributed by atoms with E-state index in [0.717, 1.165) is 0 Å². The Morgan fingerprint density at radius 1 is 1.41 bits per heavy atom. The molecule has 5 heteroatoms. The number of hydrogen-bond donors (Lipinski definition) is 0. The van der Waals surface area contributed by atoms with Crippen LogP contribution in [0, 0.1) is 0 Å². The number of hydrogen-bond acceptors (Lipinski definition) is 3. The van der Waals surface area contributed by atoms with Crippen molar-refractivity contribution >= 4 is 29.2 Å². The molecule has 3 nitrogen and oxygen atoms in total. The summed E-state index contributed by atoms with van der Waals surface area (Å²) in [5.41, 5.74) is 0.225. The zero-order valence-corrected chi connectivity index (χ0v) is 10.8. The van der Waals surface area contributed by atoms with E-state index in [1.54, 1.807) is 25.1 Å². The number of carbonyl (C=O) groups excluding carboxylic acids is 1. The zero-order chi connectivity index (χ0) is 12.8. The number of rotatable bonds is 5. The van der Waals surface area contributed by atoms with Gasteiger partial charge in [0, 0.05) is 0 Å². The summed E-state index contributed by atoms with van der Waals surface area (Å²) in [5.74, 6) is -0.0738. The summed E-state index contributed by atoms with van der Waals surface area (Å²) in [4.78, 5) is 11.3. The van der Waals surface area contributed by atoms with E-state index in [1.807, 2.05) is 0 Å². The van der Waals surface area contributed by atoms with Gasteiger partial charge < -0.3 is 9.47 Å². The van der Waals surface area contributed by atoms with E-state index in [2.05, 4.69) is 6.58 Å². The number of halogens is 2. The van der Waals surface area contributed by atoms with Crippen molar-refractivity contribution in [2.45, 2.75) is 6.92 Å². The maximum Gasteiger partial charge on any atom is 0.336 e. The van der Waals surface area contributed by atoms with Crippen molar-refractivity contribution in [2.75, 3.05) is 13.2 Å². The highest BCUT2D eigenvalue weighted by atomic mass is 35.5. The first-order valence-corrected chi connectivity index (χ1v) is 5.73. The third kappa shape index (κ3) is 3.95. The Morgan fingerprint density at radius 2 is 2.12 bits per heavy atom. The lowest BCUT2D eigenvalue weighted by atomic mass is 10.3. The normalized spacial score (nSPS) is 9.82. The monoisotopic (exact) mass is 274 g/mol. The lowest BCUT2D eigenvalue weighted by Crippen LogP contribution is -2.13. The van der Waals surface area contributed by atoms with Crippen molar-refractivity contribution in [3.63, 3.8) is 0 Å². The Kier molecular flexibility index (Phi) is 5.32. The van der Waals surface area contributed by atoms with Gasteiger partial charge >= 0.3 is 5.97 Å². The highest BCUT2D eigenvalue weighted by Gasteiger charge is 2.10. The van der Waals surface area contributed by atoms with Crippen molar-refractivity contribution in [3.05, 3.63) is 40.4 Å². The van der Waals surface area contributed by atoms with Crippen LogP contribution in [0.3, 0.4) is 0 Å². The van der Waals surface area contributed by atoms with Gasteiger partial charge in [-0.2, -0.15) is 0 Å². The number of ether oxygens (including phenoxy) is 2. The molecule has 92 valence electrons. The van der Waals surface area contributed by atoms with E-state index in [-0.39, 0.29) is 12.2 Å². The van der Waals surface area contributed by atoms with E-state index in [9.17, 15) is 4.79 Å². The van der Waals surface area contributed by atoms with Crippen LogP contribution in [0.5, 0.6) is 5.75 Å². The van der Waals surface area contributed by atoms with Gasteiger partial charge in [-0.05, 0) is 19.1 Å². The molecule has 0 amide bonds. The van der Waals surface area contributed by atoms with Crippen LogP contribution in [-0.2, 0) is 9.53 Å². The first-order chi connectivity index (χ1) is 8.06. The molecule has 0 saturated carbocycles. The highest BCUT2D eigenvalue weighted by Crippen LogP contribution is 2.31. The van der Waals surface area contributed by atoms with Crippen molar-refractivity contribution in [1.29, 1.82) is 0 Å². The van der Waals surface area contributed by atoms with E-state index < -0.39 is 5.97 Å². The second-order valence-electron chi connectivity index (χ2n) is 3.16. The molecule has 0 unspecified atom stereocenters. The van der Waals surface area contributed by atoms with Crippen LogP contribution < -0.4 is 4.74 Å². The number of esters is 1. The molecule has 1 rings (SSSR count). The average Bonchev–Trinajstić information content (AvgIpc) is 2.31. The maximum absolute atomic E-state index is 11.3. The molecule has 0 spiro atoms. The summed E-state index contributed by atoms with van der Waals surface area (Å²) in [5, 5.41) is 0.705. The summed E-state index contributed by atoms with van der Waals surface area (Å²) in [6.07, 6.45) is 0. The van der Waals surface area contributed by atoms with Crippen LogP contribution in [-0.4, -0.2) is 19.2 Å². The Balaban J connectivity index is 2.59. The van der Waals surface area contributed by atoms with Crippen LogP contribution >= 0.6 is 23.2 Å². The van der Waals surface area contributed by atoms with Gasteiger partial charge in [0.15, 0.2) is 0 Å². The molecule has 0 aliphatic rings. The summed E-state index contributed by atoms with van der Waals surface area (Å²) < 4.78 is 10.1. The van der Waals surface area contributed by atoms with Gasteiger partial charge in [0.25, 0.3) is 0 Å². The average molecular weight is 275 g/mol. The minimum Gasteiger partial charge on any atom is -0.487 e. The molecular weight excluding hydrogens is 263 g/mol. The third-order valence-electron chi connectivity index (χ3n) is 1.88. The quantitative estimate of drug-likeness (QED) is 0.609. The van der Waals surface area contributed by atoms with Crippen molar-refractivity contribution in [1.82, 2.24) is 0 Å². The largest absolute Gasteiger partial charge is 0.487 e. The fourth-order valence-corrected chi connectivity index (χ4v) is 1.40. The fourth-order valence-electron chi connectivity index (χ4n) is 1.05. The van der Waals surface area contributed by atoms with Gasteiger partial charge in [0.05, 0.1) is 17.2 Å². The fraction of sp³-hybridized carbons (Fsp3) is 0.250. The third-order valence-corrected chi connectivity index (χ3v) is 2.68. The molecule has 0 aliphatic carbocycles. The predicted molar refractivity (Wildman–Crippen MR) is 67.7 cm³/mol. The molecule has 0 aliphatic heterocycles. The van der Waals surface area contributed by atoms with Gasteiger partial charge in [-0.1, -0.05) is 35.8 Å². The Hall–Kier alpha value is -1.19. The molecule has 0 saturated heterocycles. The van der Waals surface area contributed by atoms with E-state index in [4.69, 9.17) is 32.7 Å². The highest BCUT2D eigenvalue weighted by molar-refractivity contribution is 6.42. The molecular formula is C12H12Cl2O3. The van der Waals surface area contributed by atoms with Crippen LogP contribution in [0.1, 0.15) is 6.92 Å². The van der Waals surface area contributed by atoms with E-state index in [1.165, 1.54) is 0 Å². The lowest BCUT2D eigenvalue weighted by molar-refractivity contribution is -0.138.